The molecule has 0 radical (unpaired) electrons. The van der Waals surface area contributed by atoms with Crippen molar-refractivity contribution in [1.82, 2.24) is 14.8 Å². The van der Waals surface area contributed by atoms with Crippen molar-refractivity contribution in [2.45, 2.75) is 19.9 Å². The molecule has 0 spiro atoms. The summed E-state index contributed by atoms with van der Waals surface area (Å²) in [5.74, 6) is 0. The molecule has 5 heteroatoms. The van der Waals surface area contributed by atoms with Crippen LogP contribution in [0.5, 0.6) is 0 Å². The van der Waals surface area contributed by atoms with Gasteiger partial charge >= 0.3 is 0 Å². The molecule has 0 fully saturated rings. The van der Waals surface area contributed by atoms with Gasteiger partial charge in [-0.25, -0.2) is 9.67 Å². The summed E-state index contributed by atoms with van der Waals surface area (Å²) in [4.78, 5) is 14.8. The van der Waals surface area contributed by atoms with Crippen molar-refractivity contribution < 1.29 is 4.79 Å². The Kier molecular flexibility index (Phi) is 2.44. The Balaban J connectivity index is 2.73. The molecule has 0 aliphatic carbocycles. The maximum atomic E-state index is 10.7. The molecule has 0 N–H and O–H groups in total. The van der Waals surface area contributed by atoms with Crippen molar-refractivity contribution in [1.29, 1.82) is 0 Å². The molecule has 0 saturated carbocycles. The molecule has 2 heterocycles. The van der Waals surface area contributed by atoms with Gasteiger partial charge in [0.25, 0.3) is 0 Å². The second kappa shape index (κ2) is 3.62. The van der Waals surface area contributed by atoms with Crippen LogP contribution in [-0.4, -0.2) is 21.1 Å². The van der Waals surface area contributed by atoms with Crippen molar-refractivity contribution in [3.05, 3.63) is 23.0 Å². The lowest BCUT2D eigenvalue weighted by Gasteiger charge is -2.06. The Morgan fingerprint density at radius 3 is 2.87 bits per heavy atom. The molecule has 2 rings (SSSR count). The molecule has 0 atom stereocenters. The van der Waals surface area contributed by atoms with Crippen molar-refractivity contribution in [2.24, 2.45) is 0 Å². The Labute approximate surface area is 91.9 Å². The van der Waals surface area contributed by atoms with Crippen molar-refractivity contribution >= 4 is 28.9 Å². The largest absolute Gasteiger partial charge is 0.298 e. The second-order valence-electron chi connectivity index (χ2n) is 3.58. The second-order valence-corrected chi connectivity index (χ2v) is 3.94. The Morgan fingerprint density at radius 2 is 2.27 bits per heavy atom. The van der Waals surface area contributed by atoms with Crippen LogP contribution in [0, 0.1) is 0 Å². The number of aldehydes is 1. The molecule has 0 amide bonds. The fourth-order valence-corrected chi connectivity index (χ4v) is 1.61. The summed E-state index contributed by atoms with van der Waals surface area (Å²) in [5, 5.41) is 5.24. The van der Waals surface area contributed by atoms with E-state index in [1.165, 1.54) is 0 Å². The van der Waals surface area contributed by atoms with Gasteiger partial charge in [0.15, 0.2) is 11.9 Å². The number of carbonyl (C=O) groups excluding carboxylic acids is 1. The predicted octanol–water partition coefficient (Wildman–Crippen LogP) is 2.48. The number of carbonyl (C=O) groups is 1. The van der Waals surface area contributed by atoms with E-state index in [9.17, 15) is 4.79 Å². The minimum absolute atomic E-state index is 0.216. The van der Waals surface area contributed by atoms with Gasteiger partial charge in [0.05, 0.1) is 11.8 Å². The highest BCUT2D eigenvalue weighted by Gasteiger charge is 2.10. The molecular formula is C10H10ClN3O. The molecule has 0 aromatic carbocycles. The summed E-state index contributed by atoms with van der Waals surface area (Å²) in [6.45, 7) is 4.02. The molecule has 0 unspecified atom stereocenters. The van der Waals surface area contributed by atoms with Crippen LogP contribution in [0.1, 0.15) is 30.2 Å². The van der Waals surface area contributed by atoms with Gasteiger partial charge in [-0.3, -0.25) is 4.79 Å². The van der Waals surface area contributed by atoms with Crippen LogP contribution in [0.15, 0.2) is 12.3 Å². The van der Waals surface area contributed by atoms with Gasteiger partial charge in [-0.1, -0.05) is 11.6 Å². The monoisotopic (exact) mass is 223 g/mol. The molecule has 0 aliphatic heterocycles. The van der Waals surface area contributed by atoms with Gasteiger partial charge in [0, 0.05) is 11.4 Å². The number of aromatic nitrogens is 3. The number of fused-ring (bicyclic) bond motifs is 1. The lowest BCUT2D eigenvalue weighted by atomic mass is 10.2. The van der Waals surface area contributed by atoms with Gasteiger partial charge in [0.1, 0.15) is 5.15 Å². The summed E-state index contributed by atoms with van der Waals surface area (Å²) < 4.78 is 1.77. The first-order valence-electron chi connectivity index (χ1n) is 4.62. The van der Waals surface area contributed by atoms with Crippen LogP contribution in [0.3, 0.4) is 0 Å². The first-order chi connectivity index (χ1) is 7.13. The number of hydrogen-bond acceptors (Lipinski definition) is 3. The molecule has 2 aromatic heterocycles. The summed E-state index contributed by atoms with van der Waals surface area (Å²) >= 11 is 5.85. The number of hydrogen-bond donors (Lipinski definition) is 0. The molecule has 0 aliphatic rings. The molecule has 15 heavy (non-hydrogen) atoms. The molecule has 2 aromatic rings. The van der Waals surface area contributed by atoms with Crippen LogP contribution < -0.4 is 0 Å². The Hall–Kier alpha value is -1.42. The highest BCUT2D eigenvalue weighted by Crippen LogP contribution is 2.21. The smallest absolute Gasteiger partial charge is 0.159 e. The lowest BCUT2D eigenvalue weighted by Crippen LogP contribution is -2.03. The zero-order valence-corrected chi connectivity index (χ0v) is 9.19. The van der Waals surface area contributed by atoms with Gasteiger partial charge in [-0.15, -0.1) is 0 Å². The number of pyridine rings is 1. The Morgan fingerprint density at radius 1 is 1.53 bits per heavy atom. The maximum absolute atomic E-state index is 10.7. The number of rotatable bonds is 2. The maximum Gasteiger partial charge on any atom is 0.159 e. The number of halogens is 1. The third-order valence-electron chi connectivity index (χ3n) is 2.17. The zero-order valence-electron chi connectivity index (χ0n) is 8.44. The topological polar surface area (TPSA) is 47.8 Å². The van der Waals surface area contributed by atoms with Crippen molar-refractivity contribution in [3.63, 3.8) is 0 Å². The van der Waals surface area contributed by atoms with E-state index in [1.807, 2.05) is 13.8 Å². The first kappa shape index (κ1) is 10.1. The SMILES string of the molecule is CC(C)n1ncc2cc(C=O)c(Cl)nc21. The number of nitrogens with zero attached hydrogens (tertiary/aromatic N) is 3. The summed E-state index contributed by atoms with van der Waals surface area (Å²) in [6.07, 6.45) is 2.38. The first-order valence-corrected chi connectivity index (χ1v) is 5.00. The van der Waals surface area contributed by atoms with E-state index in [0.29, 0.717) is 17.5 Å². The highest BCUT2D eigenvalue weighted by atomic mass is 35.5. The van der Waals surface area contributed by atoms with E-state index in [4.69, 9.17) is 11.6 Å². The Bertz CT molecular complexity index is 519. The van der Waals surface area contributed by atoms with E-state index < -0.39 is 0 Å². The van der Waals surface area contributed by atoms with Gasteiger partial charge < -0.3 is 0 Å². The van der Waals surface area contributed by atoms with E-state index >= 15 is 0 Å². The highest BCUT2D eigenvalue weighted by molar-refractivity contribution is 6.32. The molecule has 0 bridgehead atoms. The fraction of sp³-hybridized carbons (Fsp3) is 0.300. The van der Waals surface area contributed by atoms with E-state index in [2.05, 4.69) is 10.1 Å². The van der Waals surface area contributed by atoms with Crippen LogP contribution in [0.4, 0.5) is 0 Å². The molecule has 78 valence electrons. The van der Waals surface area contributed by atoms with Gasteiger partial charge in [0.2, 0.25) is 0 Å². The van der Waals surface area contributed by atoms with E-state index in [0.717, 1.165) is 5.39 Å². The zero-order chi connectivity index (χ0) is 11.0. The minimum Gasteiger partial charge on any atom is -0.298 e. The summed E-state index contributed by atoms with van der Waals surface area (Å²) in [6, 6.07) is 1.91. The minimum atomic E-state index is 0.216. The van der Waals surface area contributed by atoms with Crippen LogP contribution in [-0.2, 0) is 0 Å². The van der Waals surface area contributed by atoms with E-state index in [-0.39, 0.29) is 11.2 Å². The average molecular weight is 224 g/mol. The van der Waals surface area contributed by atoms with Crippen molar-refractivity contribution in [2.75, 3.05) is 0 Å². The van der Waals surface area contributed by atoms with Crippen LogP contribution >= 0.6 is 11.6 Å². The summed E-state index contributed by atoms with van der Waals surface area (Å²) in [5.41, 5.74) is 1.10. The predicted molar refractivity (Wildman–Crippen MR) is 58.3 cm³/mol. The van der Waals surface area contributed by atoms with Gasteiger partial charge in [-0.2, -0.15) is 5.10 Å². The molecular weight excluding hydrogens is 214 g/mol. The standard InChI is InChI=1S/C10H10ClN3O/c1-6(2)14-10-7(4-12-14)3-8(5-15)9(11)13-10/h3-6H,1-2H3. The van der Waals surface area contributed by atoms with Crippen LogP contribution in [0.25, 0.3) is 11.0 Å². The van der Waals surface area contributed by atoms with Crippen molar-refractivity contribution in [3.8, 4) is 0 Å². The fourth-order valence-electron chi connectivity index (χ4n) is 1.43. The molecule has 0 saturated heterocycles. The van der Waals surface area contributed by atoms with Crippen LogP contribution in [0.2, 0.25) is 5.15 Å². The normalized spacial score (nSPS) is 11.2. The quantitative estimate of drug-likeness (QED) is 0.581. The average Bonchev–Trinajstić information content (AvgIpc) is 2.59. The van der Waals surface area contributed by atoms with E-state index in [1.54, 1.807) is 16.9 Å². The third kappa shape index (κ3) is 1.61. The lowest BCUT2D eigenvalue weighted by molar-refractivity contribution is 0.112. The summed E-state index contributed by atoms with van der Waals surface area (Å²) in [7, 11) is 0. The third-order valence-corrected chi connectivity index (χ3v) is 2.47. The molecule has 4 nitrogen and oxygen atoms in total. The van der Waals surface area contributed by atoms with Gasteiger partial charge in [-0.05, 0) is 19.9 Å².